The maximum atomic E-state index is 13.5. The number of carbonyl (C=O) groups is 2. The Balaban J connectivity index is 1.38. The summed E-state index contributed by atoms with van der Waals surface area (Å²) in [5.41, 5.74) is 1.28. The fourth-order valence-electron chi connectivity index (χ4n) is 5.97. The minimum atomic E-state index is -1.04. The van der Waals surface area contributed by atoms with Crippen LogP contribution < -0.4 is 15.4 Å². The van der Waals surface area contributed by atoms with Gasteiger partial charge in [-0.1, -0.05) is 6.07 Å². The molecular formula is C26H33N5O5. The third-order valence-electron chi connectivity index (χ3n) is 8.01. The van der Waals surface area contributed by atoms with Gasteiger partial charge in [0.1, 0.15) is 18.0 Å². The summed E-state index contributed by atoms with van der Waals surface area (Å²) in [6, 6.07) is 8.29. The summed E-state index contributed by atoms with van der Waals surface area (Å²) in [7, 11) is 1.61. The molecule has 4 N–H and O–H groups in total. The van der Waals surface area contributed by atoms with Crippen LogP contribution in [-0.4, -0.2) is 72.3 Å². The van der Waals surface area contributed by atoms with Gasteiger partial charge in [-0.15, -0.1) is 0 Å². The van der Waals surface area contributed by atoms with Gasteiger partial charge < -0.3 is 30.2 Å². The van der Waals surface area contributed by atoms with Crippen LogP contribution in [0.1, 0.15) is 44.0 Å². The molecule has 1 aromatic carbocycles. The molecule has 0 bridgehead atoms. The molecule has 3 fully saturated rings. The average Bonchev–Trinajstić information content (AvgIpc) is 3.60. The van der Waals surface area contributed by atoms with E-state index < -0.39 is 18.3 Å². The number of nitrogens with one attached hydrogen (secondary N) is 3. The Morgan fingerprint density at radius 1 is 1.42 bits per heavy atom. The summed E-state index contributed by atoms with van der Waals surface area (Å²) in [5, 5.41) is 27.7. The van der Waals surface area contributed by atoms with Gasteiger partial charge in [0, 0.05) is 43.1 Å². The number of aromatic nitrogens is 1. The van der Waals surface area contributed by atoms with Crippen LogP contribution in [0.5, 0.6) is 5.75 Å². The average molecular weight is 496 g/mol. The second-order valence-corrected chi connectivity index (χ2v) is 10.2. The van der Waals surface area contributed by atoms with E-state index in [1.165, 1.54) is 0 Å². The van der Waals surface area contributed by atoms with Crippen molar-refractivity contribution in [3.8, 4) is 11.8 Å². The van der Waals surface area contributed by atoms with Crippen LogP contribution >= 0.6 is 0 Å². The Morgan fingerprint density at radius 2 is 2.22 bits per heavy atom. The molecule has 2 amide bonds. The molecule has 2 unspecified atom stereocenters. The molecule has 0 radical (unpaired) electrons. The minimum Gasteiger partial charge on any atom is -0.496 e. The van der Waals surface area contributed by atoms with E-state index in [1.807, 2.05) is 29.2 Å². The Labute approximate surface area is 209 Å². The van der Waals surface area contributed by atoms with E-state index in [0.717, 1.165) is 23.7 Å². The van der Waals surface area contributed by atoms with Crippen molar-refractivity contribution >= 4 is 22.7 Å². The Kier molecular flexibility index (Phi) is 6.88. The first-order chi connectivity index (χ1) is 17.4. The quantitative estimate of drug-likeness (QED) is 0.457. The Hall–Kier alpha value is -3.13. The zero-order chi connectivity index (χ0) is 25.3. The maximum Gasteiger partial charge on any atom is 0.238 e. The SMILES string of the molecule is COc1cccc2[nH]c(C(O)N3CC4(CCOCC4)CC3C(=O)N[C@H](C#N)C[C@@H]3CCNC3=O)cc12. The second kappa shape index (κ2) is 10.1. The standard InChI is InChI=1S/C26H33N5O5/c1-35-22-4-2-3-19-18(22)12-20(30-19)25(34)31-15-26(6-9-36-10-7-26)13-21(31)24(33)29-17(14-27)11-16-5-8-28-23(16)32/h2-4,12,16-17,21,25,30,34H,5-11,13,15H2,1H3,(H,28,32)(H,29,33)/t16-,17-,21?,25?/m0/s1. The number of ether oxygens (including phenoxy) is 2. The molecule has 3 aliphatic rings. The van der Waals surface area contributed by atoms with Crippen LogP contribution in [0, 0.1) is 22.7 Å². The van der Waals surface area contributed by atoms with Crippen molar-refractivity contribution in [2.24, 2.45) is 11.3 Å². The van der Waals surface area contributed by atoms with Gasteiger partial charge in [0.25, 0.3) is 0 Å². The van der Waals surface area contributed by atoms with Crippen molar-refractivity contribution in [3.63, 3.8) is 0 Å². The van der Waals surface area contributed by atoms with E-state index in [2.05, 4.69) is 21.7 Å². The van der Waals surface area contributed by atoms with E-state index in [-0.39, 0.29) is 29.6 Å². The van der Waals surface area contributed by atoms with Gasteiger partial charge in [-0.3, -0.25) is 14.5 Å². The number of fused-ring (bicyclic) bond motifs is 1. The minimum absolute atomic E-state index is 0.0715. The van der Waals surface area contributed by atoms with Gasteiger partial charge in [0.05, 0.1) is 24.9 Å². The zero-order valence-corrected chi connectivity index (χ0v) is 20.5. The molecule has 10 heteroatoms. The fourth-order valence-corrected chi connectivity index (χ4v) is 5.97. The van der Waals surface area contributed by atoms with Gasteiger partial charge in [0.2, 0.25) is 11.8 Å². The molecule has 1 spiro atoms. The molecule has 3 aliphatic heterocycles. The van der Waals surface area contributed by atoms with Crippen molar-refractivity contribution in [2.45, 2.75) is 50.4 Å². The number of nitriles is 1. The zero-order valence-electron chi connectivity index (χ0n) is 20.5. The Bertz CT molecular complexity index is 1170. The van der Waals surface area contributed by atoms with Crippen LogP contribution in [0.25, 0.3) is 10.9 Å². The molecule has 5 rings (SSSR count). The molecule has 4 heterocycles. The highest BCUT2D eigenvalue weighted by Crippen LogP contribution is 2.46. The van der Waals surface area contributed by atoms with Gasteiger partial charge in [0.15, 0.2) is 0 Å². The van der Waals surface area contributed by atoms with Crippen molar-refractivity contribution in [3.05, 3.63) is 30.0 Å². The van der Waals surface area contributed by atoms with Crippen LogP contribution in [0.15, 0.2) is 24.3 Å². The molecule has 192 valence electrons. The molecule has 10 nitrogen and oxygen atoms in total. The number of hydrogen-bond acceptors (Lipinski definition) is 7. The number of hydrogen-bond donors (Lipinski definition) is 4. The molecule has 4 atom stereocenters. The lowest BCUT2D eigenvalue weighted by molar-refractivity contribution is -0.130. The molecule has 1 aromatic heterocycles. The van der Waals surface area contributed by atoms with E-state index in [9.17, 15) is 20.0 Å². The summed E-state index contributed by atoms with van der Waals surface area (Å²) < 4.78 is 11.0. The van der Waals surface area contributed by atoms with Crippen LogP contribution in [0.4, 0.5) is 0 Å². The molecule has 0 aliphatic carbocycles. The summed E-state index contributed by atoms with van der Waals surface area (Å²) in [4.78, 5) is 30.6. The molecule has 0 saturated carbocycles. The number of nitrogens with zero attached hydrogens (tertiary/aromatic N) is 2. The number of aliphatic hydroxyl groups is 1. The first kappa shape index (κ1) is 24.6. The van der Waals surface area contributed by atoms with Crippen LogP contribution in [-0.2, 0) is 14.3 Å². The first-order valence-electron chi connectivity index (χ1n) is 12.6. The highest BCUT2D eigenvalue weighted by molar-refractivity contribution is 5.87. The number of aliphatic hydroxyl groups excluding tert-OH is 1. The summed E-state index contributed by atoms with van der Waals surface area (Å²) in [5.74, 6) is 0.0592. The first-order valence-corrected chi connectivity index (χ1v) is 12.6. The third-order valence-corrected chi connectivity index (χ3v) is 8.01. The van der Waals surface area contributed by atoms with Crippen molar-refractivity contribution < 1.29 is 24.2 Å². The lowest BCUT2D eigenvalue weighted by atomic mass is 9.78. The highest BCUT2D eigenvalue weighted by atomic mass is 16.5. The molecule has 36 heavy (non-hydrogen) atoms. The third kappa shape index (κ3) is 4.66. The van der Waals surface area contributed by atoms with Crippen molar-refractivity contribution in [1.82, 2.24) is 20.5 Å². The topological polar surface area (TPSA) is 140 Å². The fraction of sp³-hybridized carbons (Fsp3) is 0.577. The van der Waals surface area contributed by atoms with Crippen molar-refractivity contribution in [2.75, 3.05) is 33.4 Å². The molecule has 3 saturated heterocycles. The lowest BCUT2D eigenvalue weighted by Gasteiger charge is -2.33. The highest BCUT2D eigenvalue weighted by Gasteiger charge is 2.50. The van der Waals surface area contributed by atoms with E-state index in [4.69, 9.17) is 9.47 Å². The normalized spacial score (nSPS) is 25.4. The number of likely N-dealkylation sites (tertiary alicyclic amines) is 1. The van der Waals surface area contributed by atoms with Crippen molar-refractivity contribution in [1.29, 1.82) is 5.26 Å². The van der Waals surface area contributed by atoms with Gasteiger partial charge >= 0.3 is 0 Å². The van der Waals surface area contributed by atoms with Gasteiger partial charge in [-0.25, -0.2) is 0 Å². The Morgan fingerprint density at radius 3 is 2.92 bits per heavy atom. The lowest BCUT2D eigenvalue weighted by Crippen LogP contribution is -2.48. The van der Waals surface area contributed by atoms with Gasteiger partial charge in [-0.2, -0.15) is 5.26 Å². The van der Waals surface area contributed by atoms with E-state index >= 15 is 0 Å². The number of aromatic amines is 1. The number of H-pyrrole nitrogens is 1. The molecule has 2 aromatic rings. The predicted molar refractivity (Wildman–Crippen MR) is 131 cm³/mol. The summed E-state index contributed by atoms with van der Waals surface area (Å²) >= 11 is 0. The van der Waals surface area contributed by atoms with Gasteiger partial charge in [-0.05, 0) is 55.7 Å². The summed E-state index contributed by atoms with van der Waals surface area (Å²) in [6.45, 7) is 2.39. The predicted octanol–water partition coefficient (Wildman–Crippen LogP) is 1.57. The van der Waals surface area contributed by atoms with E-state index in [1.54, 1.807) is 7.11 Å². The van der Waals surface area contributed by atoms with Crippen LogP contribution in [0.2, 0.25) is 0 Å². The number of benzene rings is 1. The number of amides is 2. The maximum absolute atomic E-state index is 13.5. The number of carbonyl (C=O) groups excluding carboxylic acids is 2. The second-order valence-electron chi connectivity index (χ2n) is 10.2. The van der Waals surface area contributed by atoms with Crippen LogP contribution in [0.3, 0.4) is 0 Å². The summed E-state index contributed by atoms with van der Waals surface area (Å²) in [6.07, 6.45) is 2.10. The van der Waals surface area contributed by atoms with E-state index in [0.29, 0.717) is 50.6 Å². The smallest absolute Gasteiger partial charge is 0.238 e. The monoisotopic (exact) mass is 495 g/mol. The number of methoxy groups -OCH3 is 1. The molecular weight excluding hydrogens is 462 g/mol. The largest absolute Gasteiger partial charge is 0.496 e. The number of rotatable bonds is 7.